The van der Waals surface area contributed by atoms with Gasteiger partial charge in [-0.1, -0.05) is 12.1 Å². The van der Waals surface area contributed by atoms with Gasteiger partial charge in [-0.15, -0.1) is 6.58 Å². The van der Waals surface area contributed by atoms with Crippen molar-refractivity contribution in [2.75, 3.05) is 5.73 Å². The second-order valence-electron chi connectivity index (χ2n) is 3.14. The fraction of sp³-hybridized carbons (Fsp3) is 0.300. The Morgan fingerprint density at radius 2 is 2.43 bits per heavy atom. The number of nitrogen functional groups attached to an aromatic ring is 1. The van der Waals surface area contributed by atoms with Crippen LogP contribution >= 0.6 is 0 Å². The number of aromatic nitrogens is 1. The monoisotopic (exact) mass is 192 g/mol. The van der Waals surface area contributed by atoms with Crippen LogP contribution in [0.15, 0.2) is 31.0 Å². The Balaban J connectivity index is 2.66. The van der Waals surface area contributed by atoms with E-state index in [1.807, 2.05) is 18.2 Å². The minimum Gasteiger partial charge on any atom is -0.383 e. The van der Waals surface area contributed by atoms with Crippen LogP contribution < -0.4 is 17.0 Å². The van der Waals surface area contributed by atoms with Crippen LogP contribution in [0.1, 0.15) is 12.0 Å². The summed E-state index contributed by atoms with van der Waals surface area (Å²) < 4.78 is 0. The minimum absolute atomic E-state index is 0.166. The fourth-order valence-electron chi connectivity index (χ4n) is 1.30. The number of nitrogens with two attached hydrogens (primary N) is 2. The number of rotatable bonds is 5. The predicted molar refractivity (Wildman–Crippen MR) is 58.3 cm³/mol. The first-order valence-corrected chi connectivity index (χ1v) is 4.54. The van der Waals surface area contributed by atoms with Crippen molar-refractivity contribution in [3.8, 4) is 0 Å². The van der Waals surface area contributed by atoms with Crippen LogP contribution in [0.5, 0.6) is 0 Å². The van der Waals surface area contributed by atoms with E-state index < -0.39 is 0 Å². The van der Waals surface area contributed by atoms with E-state index >= 15 is 0 Å². The van der Waals surface area contributed by atoms with Crippen molar-refractivity contribution < 1.29 is 0 Å². The molecule has 0 fully saturated rings. The van der Waals surface area contributed by atoms with Crippen LogP contribution in [0.3, 0.4) is 0 Å². The molecule has 0 aliphatic heterocycles. The summed E-state index contributed by atoms with van der Waals surface area (Å²) >= 11 is 0. The summed E-state index contributed by atoms with van der Waals surface area (Å²) in [7, 11) is 0. The van der Waals surface area contributed by atoms with E-state index in [9.17, 15) is 0 Å². The highest BCUT2D eigenvalue weighted by Crippen LogP contribution is 2.11. The Bertz CT molecular complexity index is 298. The molecule has 0 saturated heterocycles. The second-order valence-corrected chi connectivity index (χ2v) is 3.14. The number of nitrogens with zero attached hydrogens (tertiary/aromatic N) is 1. The molecule has 1 rings (SSSR count). The van der Waals surface area contributed by atoms with Crippen molar-refractivity contribution >= 4 is 5.82 Å². The maximum absolute atomic E-state index is 5.71. The number of anilines is 1. The molecular formula is C10H16N4. The Labute approximate surface area is 84.0 Å². The van der Waals surface area contributed by atoms with E-state index in [4.69, 9.17) is 11.6 Å². The van der Waals surface area contributed by atoms with Crippen molar-refractivity contribution in [2.45, 2.75) is 18.9 Å². The van der Waals surface area contributed by atoms with Gasteiger partial charge >= 0.3 is 0 Å². The largest absolute Gasteiger partial charge is 0.383 e. The molecule has 76 valence electrons. The lowest BCUT2D eigenvalue weighted by Crippen LogP contribution is -2.36. The van der Waals surface area contributed by atoms with Crippen LogP contribution in [-0.4, -0.2) is 11.0 Å². The zero-order valence-corrected chi connectivity index (χ0v) is 8.11. The van der Waals surface area contributed by atoms with Gasteiger partial charge in [0.1, 0.15) is 5.82 Å². The van der Waals surface area contributed by atoms with Gasteiger partial charge in [0.25, 0.3) is 0 Å². The molecule has 0 radical (unpaired) electrons. The molecule has 1 aromatic rings. The van der Waals surface area contributed by atoms with Gasteiger partial charge < -0.3 is 5.73 Å². The van der Waals surface area contributed by atoms with Crippen LogP contribution in [0, 0.1) is 0 Å². The van der Waals surface area contributed by atoms with Gasteiger partial charge in [0, 0.05) is 12.2 Å². The summed E-state index contributed by atoms with van der Waals surface area (Å²) in [4.78, 5) is 4.01. The Morgan fingerprint density at radius 3 is 3.00 bits per heavy atom. The molecule has 14 heavy (non-hydrogen) atoms. The average molecular weight is 192 g/mol. The number of hydrazine groups is 1. The van der Waals surface area contributed by atoms with Crippen LogP contribution in [-0.2, 0) is 6.42 Å². The average Bonchev–Trinajstić information content (AvgIpc) is 2.20. The van der Waals surface area contributed by atoms with Gasteiger partial charge in [-0.3, -0.25) is 11.3 Å². The molecular weight excluding hydrogens is 176 g/mol. The summed E-state index contributed by atoms with van der Waals surface area (Å²) in [6.45, 7) is 3.67. The minimum atomic E-state index is 0.166. The van der Waals surface area contributed by atoms with Gasteiger partial charge in [-0.25, -0.2) is 4.98 Å². The zero-order chi connectivity index (χ0) is 10.4. The molecule has 4 nitrogen and oxygen atoms in total. The Morgan fingerprint density at radius 1 is 1.64 bits per heavy atom. The van der Waals surface area contributed by atoms with E-state index in [2.05, 4.69) is 17.0 Å². The van der Waals surface area contributed by atoms with E-state index in [1.54, 1.807) is 6.20 Å². The summed E-state index contributed by atoms with van der Waals surface area (Å²) in [5, 5.41) is 0. The highest BCUT2D eigenvalue weighted by Gasteiger charge is 2.07. The first-order chi connectivity index (χ1) is 6.77. The number of nitrogens with one attached hydrogen (secondary N) is 1. The van der Waals surface area contributed by atoms with Gasteiger partial charge in [0.05, 0.1) is 0 Å². The number of pyridine rings is 1. The lowest BCUT2D eigenvalue weighted by molar-refractivity contribution is 0.531. The van der Waals surface area contributed by atoms with Gasteiger partial charge in [-0.05, 0) is 24.5 Å². The molecule has 0 aliphatic carbocycles. The maximum Gasteiger partial charge on any atom is 0.126 e. The van der Waals surface area contributed by atoms with E-state index in [-0.39, 0.29) is 6.04 Å². The molecule has 1 unspecified atom stereocenters. The zero-order valence-electron chi connectivity index (χ0n) is 8.11. The smallest absolute Gasteiger partial charge is 0.126 e. The second kappa shape index (κ2) is 5.36. The molecule has 1 heterocycles. The van der Waals surface area contributed by atoms with Crippen molar-refractivity contribution in [1.82, 2.24) is 10.4 Å². The highest BCUT2D eigenvalue weighted by molar-refractivity contribution is 5.38. The summed E-state index contributed by atoms with van der Waals surface area (Å²) in [5.74, 6) is 5.96. The van der Waals surface area contributed by atoms with Gasteiger partial charge in [0.15, 0.2) is 0 Å². The van der Waals surface area contributed by atoms with E-state index in [0.717, 1.165) is 18.4 Å². The molecule has 0 aliphatic rings. The topological polar surface area (TPSA) is 77.0 Å². The maximum atomic E-state index is 5.71. The molecule has 0 aromatic carbocycles. The van der Waals surface area contributed by atoms with Crippen LogP contribution in [0.4, 0.5) is 5.82 Å². The van der Waals surface area contributed by atoms with Crippen molar-refractivity contribution in [2.24, 2.45) is 5.84 Å². The molecule has 5 N–H and O–H groups in total. The first-order valence-electron chi connectivity index (χ1n) is 4.54. The normalized spacial score (nSPS) is 12.4. The third-order valence-corrected chi connectivity index (χ3v) is 2.08. The van der Waals surface area contributed by atoms with E-state index in [1.165, 1.54) is 0 Å². The highest BCUT2D eigenvalue weighted by atomic mass is 15.2. The Hall–Kier alpha value is -1.39. The predicted octanol–water partition coefficient (Wildman–Crippen LogP) is 0.614. The number of hydrogen-bond acceptors (Lipinski definition) is 4. The van der Waals surface area contributed by atoms with Crippen LogP contribution in [0.2, 0.25) is 0 Å². The van der Waals surface area contributed by atoms with Crippen LogP contribution in [0.25, 0.3) is 0 Å². The molecule has 4 heteroatoms. The SMILES string of the molecule is C=CCC(Cc1cccnc1N)NN. The molecule has 0 spiro atoms. The summed E-state index contributed by atoms with van der Waals surface area (Å²) in [5.41, 5.74) is 9.45. The van der Waals surface area contributed by atoms with Gasteiger partial charge in [-0.2, -0.15) is 0 Å². The fourth-order valence-corrected chi connectivity index (χ4v) is 1.30. The standard InChI is InChI=1S/C10H16N4/c1-2-4-9(14-12)7-8-5-3-6-13-10(8)11/h2-3,5-6,9,14H,1,4,7,12H2,(H2,11,13). The quantitative estimate of drug-likeness (QED) is 0.363. The lowest BCUT2D eigenvalue weighted by Gasteiger charge is -2.14. The van der Waals surface area contributed by atoms with Crippen molar-refractivity contribution in [1.29, 1.82) is 0 Å². The molecule has 0 amide bonds. The summed E-state index contributed by atoms with van der Waals surface area (Å²) in [6, 6.07) is 3.99. The van der Waals surface area contributed by atoms with Gasteiger partial charge in [0.2, 0.25) is 0 Å². The molecule has 0 bridgehead atoms. The molecule has 1 atom stereocenters. The van der Waals surface area contributed by atoms with Crippen molar-refractivity contribution in [3.63, 3.8) is 0 Å². The number of hydrogen-bond donors (Lipinski definition) is 3. The van der Waals surface area contributed by atoms with E-state index in [0.29, 0.717) is 5.82 Å². The first kappa shape index (κ1) is 10.7. The third-order valence-electron chi connectivity index (χ3n) is 2.08. The summed E-state index contributed by atoms with van der Waals surface area (Å²) in [6.07, 6.45) is 5.08. The Kier molecular flexibility index (Phi) is 4.10. The van der Waals surface area contributed by atoms with Crippen molar-refractivity contribution in [3.05, 3.63) is 36.5 Å². The lowest BCUT2D eigenvalue weighted by atomic mass is 10.0. The third kappa shape index (κ3) is 2.83. The molecule has 0 saturated carbocycles. The molecule has 1 aromatic heterocycles.